The van der Waals surface area contributed by atoms with Gasteiger partial charge >= 0.3 is 0 Å². The molecule has 2 aromatic rings. The molecule has 0 spiro atoms. The van der Waals surface area contributed by atoms with Crippen LogP contribution in [0.15, 0.2) is 24.5 Å². The normalized spacial score (nSPS) is 21.3. The second kappa shape index (κ2) is 7.32. The largest absolute Gasteiger partial charge is 0.492 e. The van der Waals surface area contributed by atoms with Gasteiger partial charge in [-0.2, -0.15) is 0 Å². The molecule has 1 aromatic heterocycles. The molecule has 0 aliphatic carbocycles. The Balaban J connectivity index is 1.64. The smallest absolute Gasteiger partial charge is 0.150 e. The Kier molecular flexibility index (Phi) is 5.16. The Morgan fingerprint density at radius 1 is 1.29 bits per heavy atom. The molecule has 0 bridgehead atoms. The van der Waals surface area contributed by atoms with Gasteiger partial charge in [-0.05, 0) is 37.5 Å². The number of ether oxygens (including phenoxy) is 2. The predicted octanol–water partition coefficient (Wildman–Crippen LogP) is 2.27. The summed E-state index contributed by atoms with van der Waals surface area (Å²) < 4.78 is 13.6. The van der Waals surface area contributed by atoms with Crippen molar-refractivity contribution in [1.29, 1.82) is 0 Å². The van der Waals surface area contributed by atoms with Crippen LogP contribution in [0.5, 0.6) is 5.75 Å². The molecule has 6 nitrogen and oxygen atoms in total. The van der Waals surface area contributed by atoms with Gasteiger partial charge in [0.25, 0.3) is 0 Å². The van der Waals surface area contributed by atoms with Gasteiger partial charge in [-0.15, -0.1) is 10.2 Å². The van der Waals surface area contributed by atoms with Crippen molar-refractivity contribution in [2.75, 3.05) is 26.8 Å². The Labute approximate surface area is 143 Å². The van der Waals surface area contributed by atoms with E-state index in [1.807, 2.05) is 11.6 Å². The van der Waals surface area contributed by atoms with Gasteiger partial charge in [-0.25, -0.2) is 0 Å². The fraction of sp³-hybridized carbons (Fsp3) is 0.556. The first kappa shape index (κ1) is 16.9. The first-order valence-corrected chi connectivity index (χ1v) is 8.39. The van der Waals surface area contributed by atoms with Crippen LogP contribution in [0.4, 0.5) is 0 Å². The minimum Gasteiger partial charge on any atom is -0.492 e. The highest BCUT2D eigenvalue weighted by Crippen LogP contribution is 2.31. The molecule has 1 aliphatic rings. The topological polar surface area (TPSA) is 52.4 Å². The second-order valence-electron chi connectivity index (χ2n) is 6.52. The maximum absolute atomic E-state index is 6.02. The van der Waals surface area contributed by atoms with Crippen molar-refractivity contribution in [2.24, 2.45) is 7.05 Å². The maximum Gasteiger partial charge on any atom is 0.150 e. The standard InChI is InChI=1S/C18H26N4O2/c1-13-5-6-14(2)17(9-13)24-8-7-22-11-15(23-4)10-16(22)18-20-19-12-21(18)3/h5-6,9,12,15-16H,7-8,10-11H2,1-4H3/t15-,16+/m1/s1. The number of likely N-dealkylation sites (tertiary alicyclic amines) is 1. The van der Waals surface area contributed by atoms with Gasteiger partial charge in [-0.3, -0.25) is 4.90 Å². The number of hydrogen-bond donors (Lipinski definition) is 0. The summed E-state index contributed by atoms with van der Waals surface area (Å²) in [7, 11) is 3.76. The average Bonchev–Trinajstić information content (AvgIpc) is 3.16. The molecule has 0 unspecified atom stereocenters. The molecule has 1 aromatic carbocycles. The SMILES string of the molecule is CO[C@@H]1C[C@@H](c2nncn2C)N(CCOc2cc(C)ccc2C)C1. The summed E-state index contributed by atoms with van der Waals surface area (Å²) in [4.78, 5) is 2.38. The minimum atomic E-state index is 0.227. The van der Waals surface area contributed by atoms with Crippen molar-refractivity contribution in [1.82, 2.24) is 19.7 Å². The van der Waals surface area contributed by atoms with Gasteiger partial charge in [0.15, 0.2) is 0 Å². The first-order valence-electron chi connectivity index (χ1n) is 8.39. The van der Waals surface area contributed by atoms with E-state index in [2.05, 4.69) is 47.1 Å². The highest BCUT2D eigenvalue weighted by Gasteiger charge is 2.35. The summed E-state index contributed by atoms with van der Waals surface area (Å²) in [6, 6.07) is 6.53. The highest BCUT2D eigenvalue weighted by molar-refractivity contribution is 5.35. The Hall–Kier alpha value is -1.92. The zero-order valence-electron chi connectivity index (χ0n) is 14.9. The van der Waals surface area contributed by atoms with Crippen LogP contribution in [0, 0.1) is 13.8 Å². The lowest BCUT2D eigenvalue weighted by molar-refractivity contribution is 0.105. The van der Waals surface area contributed by atoms with Crippen LogP contribution >= 0.6 is 0 Å². The molecule has 1 fully saturated rings. The molecule has 1 aliphatic heterocycles. The molecule has 0 N–H and O–H groups in total. The van der Waals surface area contributed by atoms with Gasteiger partial charge in [0.2, 0.25) is 0 Å². The summed E-state index contributed by atoms with van der Waals surface area (Å²) in [5, 5.41) is 8.30. The van der Waals surface area contributed by atoms with Crippen molar-refractivity contribution in [3.63, 3.8) is 0 Å². The summed E-state index contributed by atoms with van der Waals surface area (Å²) in [5.74, 6) is 1.95. The van der Waals surface area contributed by atoms with Crippen LogP contribution in [0.2, 0.25) is 0 Å². The lowest BCUT2D eigenvalue weighted by Gasteiger charge is -2.23. The molecule has 2 atom stereocenters. The molecule has 24 heavy (non-hydrogen) atoms. The number of aryl methyl sites for hydroxylation is 3. The van der Waals surface area contributed by atoms with E-state index in [1.54, 1.807) is 13.4 Å². The van der Waals surface area contributed by atoms with E-state index in [4.69, 9.17) is 9.47 Å². The summed E-state index contributed by atoms with van der Waals surface area (Å²) >= 11 is 0. The molecule has 6 heteroatoms. The molecule has 0 amide bonds. The van der Waals surface area contributed by atoms with Crippen LogP contribution in [-0.2, 0) is 11.8 Å². The van der Waals surface area contributed by atoms with E-state index in [0.717, 1.165) is 31.1 Å². The van der Waals surface area contributed by atoms with E-state index in [1.165, 1.54) is 11.1 Å². The molecule has 1 saturated heterocycles. The van der Waals surface area contributed by atoms with Crippen molar-refractivity contribution in [3.05, 3.63) is 41.5 Å². The van der Waals surface area contributed by atoms with Crippen molar-refractivity contribution >= 4 is 0 Å². The van der Waals surface area contributed by atoms with E-state index in [-0.39, 0.29) is 12.1 Å². The van der Waals surface area contributed by atoms with Crippen molar-refractivity contribution in [2.45, 2.75) is 32.4 Å². The van der Waals surface area contributed by atoms with Gasteiger partial charge in [0, 0.05) is 27.2 Å². The van der Waals surface area contributed by atoms with Crippen LogP contribution in [0.3, 0.4) is 0 Å². The number of rotatable bonds is 6. The van der Waals surface area contributed by atoms with E-state index >= 15 is 0 Å². The lowest BCUT2D eigenvalue weighted by atomic mass is 10.1. The lowest BCUT2D eigenvalue weighted by Crippen LogP contribution is -2.30. The summed E-state index contributed by atoms with van der Waals surface area (Å²) in [6.07, 6.45) is 2.92. The average molecular weight is 330 g/mol. The Morgan fingerprint density at radius 3 is 2.83 bits per heavy atom. The summed E-state index contributed by atoms with van der Waals surface area (Å²) in [5.41, 5.74) is 2.38. The third-order valence-electron chi connectivity index (χ3n) is 4.72. The number of aromatic nitrogens is 3. The molecule has 2 heterocycles. The van der Waals surface area contributed by atoms with Gasteiger partial charge in [-0.1, -0.05) is 12.1 Å². The van der Waals surface area contributed by atoms with Gasteiger partial charge < -0.3 is 14.0 Å². The Bertz CT molecular complexity index is 685. The third kappa shape index (κ3) is 3.60. The van der Waals surface area contributed by atoms with Gasteiger partial charge in [0.1, 0.15) is 24.5 Å². The quantitative estimate of drug-likeness (QED) is 0.813. The maximum atomic E-state index is 6.02. The molecule has 0 radical (unpaired) electrons. The second-order valence-corrected chi connectivity index (χ2v) is 6.52. The van der Waals surface area contributed by atoms with E-state index in [0.29, 0.717) is 6.61 Å². The molecule has 3 rings (SSSR count). The fourth-order valence-electron chi connectivity index (χ4n) is 3.28. The zero-order chi connectivity index (χ0) is 17.1. The monoisotopic (exact) mass is 330 g/mol. The van der Waals surface area contributed by atoms with Crippen molar-refractivity contribution < 1.29 is 9.47 Å². The first-order chi connectivity index (χ1) is 11.6. The fourth-order valence-corrected chi connectivity index (χ4v) is 3.28. The highest BCUT2D eigenvalue weighted by atomic mass is 16.5. The minimum absolute atomic E-state index is 0.227. The van der Waals surface area contributed by atoms with Crippen LogP contribution in [0.25, 0.3) is 0 Å². The van der Waals surface area contributed by atoms with Crippen molar-refractivity contribution in [3.8, 4) is 5.75 Å². The van der Waals surface area contributed by atoms with Gasteiger partial charge in [0.05, 0.1) is 12.1 Å². The zero-order valence-corrected chi connectivity index (χ0v) is 14.9. The molecular formula is C18H26N4O2. The number of hydrogen-bond acceptors (Lipinski definition) is 5. The summed E-state index contributed by atoms with van der Waals surface area (Å²) in [6.45, 7) is 6.54. The van der Waals surface area contributed by atoms with E-state index < -0.39 is 0 Å². The molecular weight excluding hydrogens is 304 g/mol. The Morgan fingerprint density at radius 2 is 2.12 bits per heavy atom. The molecule has 130 valence electrons. The van der Waals surface area contributed by atoms with E-state index in [9.17, 15) is 0 Å². The number of nitrogens with zero attached hydrogens (tertiary/aromatic N) is 4. The number of benzene rings is 1. The van der Waals surface area contributed by atoms with Crippen LogP contribution < -0.4 is 4.74 Å². The van der Waals surface area contributed by atoms with Crippen LogP contribution in [0.1, 0.15) is 29.4 Å². The molecule has 0 saturated carbocycles. The number of methoxy groups -OCH3 is 1. The third-order valence-corrected chi connectivity index (χ3v) is 4.72. The van der Waals surface area contributed by atoms with Crippen LogP contribution in [-0.4, -0.2) is 52.6 Å². The predicted molar refractivity (Wildman–Crippen MR) is 92.1 cm³/mol.